The van der Waals surface area contributed by atoms with Gasteiger partial charge < -0.3 is 0 Å². The molecule has 0 saturated carbocycles. The van der Waals surface area contributed by atoms with Gasteiger partial charge >= 0.3 is 0 Å². The third kappa shape index (κ3) is 3.72. The molecule has 0 rings (SSSR count). The molecule has 0 aromatic heterocycles. The van der Waals surface area contributed by atoms with Crippen molar-refractivity contribution in [1.29, 1.82) is 1.28 Å². The van der Waals surface area contributed by atoms with Crippen molar-refractivity contribution in [3.8, 4) is 0 Å². The van der Waals surface area contributed by atoms with Gasteiger partial charge in [-0.1, -0.05) is 15.9 Å². The van der Waals surface area contributed by atoms with E-state index in [2.05, 4.69) is 17.9 Å². The first-order valence-electron chi connectivity index (χ1n) is 1.22. The van der Waals surface area contributed by atoms with E-state index >= 15 is 0 Å². The minimum atomic E-state index is -0.441. The minimum absolute atomic E-state index is 0.441. The predicted octanol–water partition coefficient (Wildman–Crippen LogP) is 1.84. The normalized spacial score (nSPS) is 22.0. The molecule has 0 saturated heterocycles. The molecular weight excluding hydrogens is 124 g/mol. The van der Waals surface area contributed by atoms with Gasteiger partial charge in [-0.2, -0.15) is 0 Å². The van der Waals surface area contributed by atoms with Gasteiger partial charge in [0.2, 0.25) is 0 Å². The van der Waals surface area contributed by atoms with Gasteiger partial charge in [-0.25, -0.2) is 0 Å². The van der Waals surface area contributed by atoms with Gasteiger partial charge in [-0.05, 0) is 0 Å². The van der Waals surface area contributed by atoms with Crippen LogP contribution in [0.15, 0.2) is 0 Å². The summed E-state index contributed by atoms with van der Waals surface area (Å²) in [4.78, 5) is 0. The molecule has 0 fully saturated rings. The molecule has 0 heterocycles. The number of hydrogen-bond donors (Lipinski definition) is 0. The molecule has 26 valence electrons. The maximum Gasteiger partial charge on any atom is 0.0671 e. The molecule has 0 amide bonds. The average Bonchev–Trinajstić information content (AvgIpc) is 1.38. The first-order chi connectivity index (χ1) is 2.27. The zero-order chi connectivity index (χ0) is 4.28. The van der Waals surface area contributed by atoms with Crippen molar-refractivity contribution in [3.05, 3.63) is 0 Å². The fourth-order valence-corrected chi connectivity index (χ4v) is 0. The molecule has 4 heteroatoms. The Morgan fingerprint density at radius 2 is 2.00 bits per heavy atom. The van der Waals surface area contributed by atoms with Crippen molar-refractivity contribution in [1.82, 2.24) is 0 Å². The summed E-state index contributed by atoms with van der Waals surface area (Å²) in [5.41, 5.74) is 0. The molecule has 0 N–H and O–H groups in total. The van der Waals surface area contributed by atoms with Crippen molar-refractivity contribution in [2.24, 2.45) is 0 Å². The summed E-state index contributed by atoms with van der Waals surface area (Å²) in [7, 11) is 5.28. The standard InChI is InChI=1S/H6P4/c1-3-4-2/h3-4H,1-2H2/i3T. The summed E-state index contributed by atoms with van der Waals surface area (Å²) in [6.07, 6.45) is 0. The first-order valence-corrected chi connectivity index (χ1v) is 6.93. The molecule has 0 aliphatic rings. The van der Waals surface area contributed by atoms with Gasteiger partial charge in [0, 0.05) is 0 Å². The maximum absolute atomic E-state index is 6.85. The van der Waals surface area contributed by atoms with Crippen molar-refractivity contribution < 1.29 is 0 Å². The molecule has 0 aromatic rings. The van der Waals surface area contributed by atoms with Crippen LogP contribution in [0, 0.1) is 0 Å². The zero-order valence-electron chi connectivity index (χ0n) is 3.10. The molecule has 4 heavy (non-hydrogen) atoms. The smallest absolute Gasteiger partial charge is 0.0671 e. The quantitative estimate of drug-likeness (QED) is 0.477. The Morgan fingerprint density at radius 1 is 1.75 bits per heavy atom. The molecule has 0 aliphatic carbocycles. The summed E-state index contributed by atoms with van der Waals surface area (Å²) in [6.45, 7) is 0. The van der Waals surface area contributed by atoms with Crippen LogP contribution in [0.3, 0.4) is 0 Å². The van der Waals surface area contributed by atoms with Crippen LogP contribution in [0.5, 0.6) is 0 Å². The van der Waals surface area contributed by atoms with E-state index in [1.54, 1.807) is 0 Å². The molecule has 4 atom stereocenters. The monoisotopic (exact) mass is 132 g/mol. The highest BCUT2D eigenvalue weighted by molar-refractivity contribution is 8.54. The summed E-state index contributed by atoms with van der Waals surface area (Å²) in [5, 5.41) is 0. The minimum Gasteiger partial charge on any atom is -0.110 e. The van der Waals surface area contributed by atoms with Gasteiger partial charge in [0.15, 0.2) is 0 Å². The third-order valence-electron chi connectivity index (χ3n) is 0.0745. The van der Waals surface area contributed by atoms with Crippen LogP contribution in [0.25, 0.3) is 0 Å². The second kappa shape index (κ2) is 4.72. The Bertz CT molecular complexity index is 17.6. The number of rotatable bonds is 1. The lowest BCUT2D eigenvalue weighted by atomic mass is 29.4. The average molecular weight is 132 g/mol. The van der Waals surface area contributed by atoms with Gasteiger partial charge in [-0.3, -0.25) is 0 Å². The lowest BCUT2D eigenvalue weighted by Crippen LogP contribution is -0.756. The molecule has 0 spiro atoms. The van der Waals surface area contributed by atoms with Gasteiger partial charge in [0.1, 0.15) is 0 Å². The SMILES string of the molecule is [3H]P(P)PP. The van der Waals surface area contributed by atoms with Crippen LogP contribution in [-0.2, 0) is 0 Å². The highest BCUT2D eigenvalue weighted by Crippen LogP contribution is 2.48. The molecule has 0 radical (unpaired) electrons. The zero-order valence-corrected chi connectivity index (χ0v) is 6.31. The second-order valence-corrected chi connectivity index (χ2v) is 6.97. The Hall–Kier alpha value is 1.72. The fraction of sp³-hybridized carbons (Fsp3) is 0. The molecule has 0 aromatic carbocycles. The van der Waals surface area contributed by atoms with Crippen LogP contribution in [0.2, 0.25) is 0 Å². The molecular formula is H6P4. The van der Waals surface area contributed by atoms with E-state index in [-0.39, 0.29) is 0 Å². The van der Waals surface area contributed by atoms with E-state index < -0.39 is 7.90 Å². The lowest BCUT2D eigenvalue weighted by molar-refractivity contribution is 5.30. The van der Waals surface area contributed by atoms with Crippen molar-refractivity contribution >= 4 is 33.7 Å². The van der Waals surface area contributed by atoms with Crippen LogP contribution >= 0.6 is 33.7 Å². The molecule has 0 bridgehead atoms. The molecule has 4 unspecified atom stereocenters. The van der Waals surface area contributed by atoms with Gasteiger partial charge in [0.05, 0.1) is 1.28 Å². The largest absolute Gasteiger partial charge is 0.110 e. The van der Waals surface area contributed by atoms with E-state index in [0.717, 1.165) is 7.96 Å². The van der Waals surface area contributed by atoms with Crippen LogP contribution < -0.4 is 0 Å². The van der Waals surface area contributed by atoms with Crippen LogP contribution in [0.4, 0.5) is 0 Å². The summed E-state index contributed by atoms with van der Waals surface area (Å²) >= 11 is 0. The van der Waals surface area contributed by atoms with Crippen molar-refractivity contribution in [2.75, 3.05) is 0 Å². The van der Waals surface area contributed by atoms with E-state index in [1.165, 1.54) is 0 Å². The van der Waals surface area contributed by atoms with Gasteiger partial charge in [0.25, 0.3) is 0 Å². The Balaban J connectivity index is 2.54. The van der Waals surface area contributed by atoms with E-state index in [4.69, 9.17) is 1.28 Å². The van der Waals surface area contributed by atoms with Crippen LogP contribution in [-0.4, -0.2) is 1.28 Å². The molecule has 0 aliphatic heterocycles. The topological polar surface area (TPSA) is 0 Å². The lowest BCUT2D eigenvalue weighted by Gasteiger charge is -1.70. The summed E-state index contributed by atoms with van der Waals surface area (Å²) < 4.78 is 6.85. The molecule has 0 nitrogen and oxygen atoms in total. The maximum atomic E-state index is 6.85. The predicted molar refractivity (Wildman–Crippen MR) is 36.1 cm³/mol. The summed E-state index contributed by atoms with van der Waals surface area (Å²) in [6, 6.07) is 0. The summed E-state index contributed by atoms with van der Waals surface area (Å²) in [5.74, 6) is 0. The van der Waals surface area contributed by atoms with Crippen LogP contribution in [0.1, 0.15) is 0 Å². The first kappa shape index (κ1) is 3.89. The third-order valence-corrected chi connectivity index (χ3v) is 6.04. The highest BCUT2D eigenvalue weighted by Gasteiger charge is 1.53. The highest BCUT2D eigenvalue weighted by atomic mass is 32.6. The number of hydrogen-bond acceptors (Lipinski definition) is 0. The van der Waals surface area contributed by atoms with E-state index in [9.17, 15) is 0 Å². The fourth-order valence-electron chi connectivity index (χ4n) is 0. The van der Waals surface area contributed by atoms with E-state index in [0.29, 0.717) is 0 Å². The Labute approximate surface area is 35.8 Å². The Morgan fingerprint density at radius 3 is 2.00 bits per heavy atom. The van der Waals surface area contributed by atoms with Crippen molar-refractivity contribution in [3.63, 3.8) is 0 Å². The van der Waals surface area contributed by atoms with Crippen molar-refractivity contribution in [2.45, 2.75) is 0 Å². The second-order valence-electron chi connectivity index (χ2n) is 0.258. The van der Waals surface area contributed by atoms with Gasteiger partial charge in [-0.15, -0.1) is 17.9 Å². The Kier molecular flexibility index (Phi) is 4.60. The van der Waals surface area contributed by atoms with E-state index in [1.807, 2.05) is 0 Å².